The number of rotatable bonds is 4. The van der Waals surface area contributed by atoms with Crippen molar-refractivity contribution in [3.05, 3.63) is 0 Å². The highest BCUT2D eigenvalue weighted by atomic mass is 16.6. The lowest BCUT2D eigenvalue weighted by molar-refractivity contribution is -0.144. The molecule has 0 aromatic carbocycles. The molecule has 1 fully saturated rings. The van der Waals surface area contributed by atoms with E-state index in [9.17, 15) is 14.7 Å². The summed E-state index contributed by atoms with van der Waals surface area (Å²) < 4.78 is 5.26. The molecule has 5 nitrogen and oxygen atoms in total. The standard InChI is InChI=1S/C14H25NO4/c1-5-10(11(16)17)14(8-6-7-9-14)15-12(18)19-13(2,3)4/h10H,5-9H2,1-4H3,(H,15,18)(H,16,17). The van der Waals surface area contributed by atoms with Crippen molar-refractivity contribution in [1.29, 1.82) is 0 Å². The van der Waals surface area contributed by atoms with Crippen LogP contribution < -0.4 is 5.32 Å². The van der Waals surface area contributed by atoms with E-state index in [2.05, 4.69) is 5.32 Å². The number of amides is 1. The van der Waals surface area contributed by atoms with Gasteiger partial charge in [-0.3, -0.25) is 4.79 Å². The Labute approximate surface area is 114 Å². The average molecular weight is 271 g/mol. The Morgan fingerprint density at radius 2 is 1.84 bits per heavy atom. The molecule has 0 radical (unpaired) electrons. The zero-order valence-corrected chi connectivity index (χ0v) is 12.3. The molecule has 1 saturated carbocycles. The Morgan fingerprint density at radius 1 is 1.32 bits per heavy atom. The maximum atomic E-state index is 11.9. The SMILES string of the molecule is CCC(C(=O)O)C1(NC(=O)OC(C)(C)C)CCCC1. The van der Waals surface area contributed by atoms with E-state index in [0.717, 1.165) is 12.8 Å². The van der Waals surface area contributed by atoms with Gasteiger partial charge in [-0.05, 0) is 40.0 Å². The third-order valence-electron chi connectivity index (χ3n) is 3.62. The summed E-state index contributed by atoms with van der Waals surface area (Å²) in [5, 5.41) is 12.2. The van der Waals surface area contributed by atoms with Crippen LogP contribution in [0.25, 0.3) is 0 Å². The summed E-state index contributed by atoms with van der Waals surface area (Å²) >= 11 is 0. The Balaban J connectivity index is 2.83. The highest BCUT2D eigenvalue weighted by Gasteiger charge is 2.46. The van der Waals surface area contributed by atoms with Gasteiger partial charge in [-0.25, -0.2) is 4.79 Å². The minimum atomic E-state index is -0.847. The second-order valence-electron chi connectivity index (χ2n) is 6.29. The van der Waals surface area contributed by atoms with E-state index in [-0.39, 0.29) is 0 Å². The van der Waals surface area contributed by atoms with Crippen molar-refractivity contribution in [2.75, 3.05) is 0 Å². The van der Waals surface area contributed by atoms with Crippen LogP contribution in [0, 0.1) is 5.92 Å². The Kier molecular flexibility index (Phi) is 4.82. The first-order chi connectivity index (χ1) is 8.70. The molecule has 1 amide bonds. The van der Waals surface area contributed by atoms with Gasteiger partial charge in [0.25, 0.3) is 0 Å². The molecule has 0 spiro atoms. The van der Waals surface area contributed by atoms with Crippen LogP contribution in [0.5, 0.6) is 0 Å². The van der Waals surface area contributed by atoms with Gasteiger partial charge in [-0.1, -0.05) is 19.8 Å². The first-order valence-corrected chi connectivity index (χ1v) is 6.94. The number of alkyl carbamates (subject to hydrolysis) is 1. The van der Waals surface area contributed by atoms with E-state index in [1.807, 2.05) is 6.92 Å². The van der Waals surface area contributed by atoms with Crippen molar-refractivity contribution in [3.8, 4) is 0 Å². The normalized spacial score (nSPS) is 19.8. The van der Waals surface area contributed by atoms with Crippen molar-refractivity contribution in [2.24, 2.45) is 5.92 Å². The van der Waals surface area contributed by atoms with Gasteiger partial charge in [-0.15, -0.1) is 0 Å². The van der Waals surface area contributed by atoms with Crippen molar-refractivity contribution < 1.29 is 19.4 Å². The molecule has 5 heteroatoms. The quantitative estimate of drug-likeness (QED) is 0.824. The molecule has 1 aliphatic carbocycles. The van der Waals surface area contributed by atoms with Crippen molar-refractivity contribution in [2.45, 2.75) is 70.9 Å². The van der Waals surface area contributed by atoms with Crippen molar-refractivity contribution in [1.82, 2.24) is 5.32 Å². The Morgan fingerprint density at radius 3 is 2.21 bits per heavy atom. The van der Waals surface area contributed by atoms with Crippen LogP contribution >= 0.6 is 0 Å². The molecule has 0 aromatic rings. The zero-order chi connectivity index (χ0) is 14.7. The summed E-state index contributed by atoms with van der Waals surface area (Å²) in [6.45, 7) is 7.23. The van der Waals surface area contributed by atoms with Crippen LogP contribution in [0.2, 0.25) is 0 Å². The molecule has 2 N–H and O–H groups in total. The maximum Gasteiger partial charge on any atom is 0.408 e. The number of carbonyl (C=O) groups excluding carboxylic acids is 1. The molecule has 110 valence electrons. The van der Waals surface area contributed by atoms with Crippen LogP contribution in [0.3, 0.4) is 0 Å². The minimum Gasteiger partial charge on any atom is -0.481 e. The summed E-state index contributed by atoms with van der Waals surface area (Å²) in [4.78, 5) is 23.3. The average Bonchev–Trinajstić information content (AvgIpc) is 2.63. The minimum absolute atomic E-state index is 0.505. The molecule has 1 rings (SSSR count). The first kappa shape index (κ1) is 15.8. The van der Waals surface area contributed by atoms with Gasteiger partial charge in [0, 0.05) is 0 Å². The van der Waals surface area contributed by atoms with Gasteiger partial charge in [0.2, 0.25) is 0 Å². The van der Waals surface area contributed by atoms with Crippen molar-refractivity contribution >= 4 is 12.1 Å². The summed E-state index contributed by atoms with van der Waals surface area (Å²) in [6.07, 6.45) is 3.28. The van der Waals surface area contributed by atoms with Gasteiger partial charge >= 0.3 is 12.1 Å². The molecule has 0 saturated heterocycles. The zero-order valence-electron chi connectivity index (χ0n) is 12.3. The Bertz CT molecular complexity index is 340. The van der Waals surface area contributed by atoms with E-state index < -0.39 is 29.1 Å². The largest absolute Gasteiger partial charge is 0.481 e. The van der Waals surface area contributed by atoms with E-state index in [4.69, 9.17) is 4.74 Å². The molecule has 1 unspecified atom stereocenters. The second kappa shape index (κ2) is 5.80. The van der Waals surface area contributed by atoms with E-state index in [1.54, 1.807) is 20.8 Å². The van der Waals surface area contributed by atoms with Crippen LogP contribution in [-0.4, -0.2) is 28.3 Å². The maximum absolute atomic E-state index is 11.9. The van der Waals surface area contributed by atoms with E-state index in [1.165, 1.54) is 0 Å². The predicted octanol–water partition coefficient (Wildman–Crippen LogP) is 2.93. The highest BCUT2D eigenvalue weighted by molar-refractivity contribution is 5.75. The van der Waals surface area contributed by atoms with Gasteiger partial charge in [0.05, 0.1) is 11.5 Å². The Hall–Kier alpha value is -1.26. The predicted molar refractivity (Wildman–Crippen MR) is 72.0 cm³/mol. The molecule has 1 aliphatic rings. The number of hydrogen-bond donors (Lipinski definition) is 2. The third-order valence-corrected chi connectivity index (χ3v) is 3.62. The topological polar surface area (TPSA) is 75.6 Å². The summed E-state index contributed by atoms with van der Waals surface area (Å²) in [7, 11) is 0. The van der Waals surface area contributed by atoms with E-state index in [0.29, 0.717) is 19.3 Å². The number of carboxylic acid groups (broad SMARTS) is 1. The number of hydrogen-bond acceptors (Lipinski definition) is 3. The molecule has 0 heterocycles. The van der Waals surface area contributed by atoms with Gasteiger partial charge in [0.15, 0.2) is 0 Å². The number of carbonyl (C=O) groups is 2. The fourth-order valence-electron chi connectivity index (χ4n) is 2.88. The number of aliphatic carboxylic acids is 1. The lowest BCUT2D eigenvalue weighted by Gasteiger charge is -2.36. The molecule has 19 heavy (non-hydrogen) atoms. The molecule has 0 aromatic heterocycles. The van der Waals surface area contributed by atoms with Gasteiger partial charge < -0.3 is 15.2 Å². The fourth-order valence-corrected chi connectivity index (χ4v) is 2.88. The van der Waals surface area contributed by atoms with Gasteiger partial charge in [0.1, 0.15) is 5.60 Å². The summed E-state index contributed by atoms with van der Waals surface area (Å²) in [5.74, 6) is -1.40. The smallest absolute Gasteiger partial charge is 0.408 e. The molecule has 1 atom stereocenters. The number of nitrogens with one attached hydrogen (secondary N) is 1. The highest BCUT2D eigenvalue weighted by Crippen LogP contribution is 2.38. The third kappa shape index (κ3) is 4.11. The van der Waals surface area contributed by atoms with Gasteiger partial charge in [-0.2, -0.15) is 0 Å². The first-order valence-electron chi connectivity index (χ1n) is 6.94. The van der Waals surface area contributed by atoms with Crippen LogP contribution in [0.1, 0.15) is 59.8 Å². The molecule has 0 bridgehead atoms. The van der Waals surface area contributed by atoms with Crippen LogP contribution in [0.4, 0.5) is 4.79 Å². The van der Waals surface area contributed by atoms with Crippen LogP contribution in [-0.2, 0) is 9.53 Å². The molecular weight excluding hydrogens is 246 g/mol. The number of ether oxygens (including phenoxy) is 1. The van der Waals surface area contributed by atoms with Crippen LogP contribution in [0.15, 0.2) is 0 Å². The molecule has 0 aliphatic heterocycles. The molecular formula is C14H25NO4. The summed E-state index contributed by atoms with van der Waals surface area (Å²) in [5.41, 5.74) is -1.22. The lowest BCUT2D eigenvalue weighted by atomic mass is 9.80. The second-order valence-corrected chi connectivity index (χ2v) is 6.29. The lowest BCUT2D eigenvalue weighted by Crippen LogP contribution is -2.55. The van der Waals surface area contributed by atoms with E-state index >= 15 is 0 Å². The fraction of sp³-hybridized carbons (Fsp3) is 0.857. The number of carboxylic acids is 1. The van der Waals surface area contributed by atoms with Crippen molar-refractivity contribution in [3.63, 3.8) is 0 Å². The summed E-state index contributed by atoms with van der Waals surface area (Å²) in [6, 6.07) is 0. The monoisotopic (exact) mass is 271 g/mol.